The van der Waals surface area contributed by atoms with Gasteiger partial charge in [-0.3, -0.25) is 4.79 Å². The first-order valence-electron chi connectivity index (χ1n) is 6.02. The molecule has 0 atom stereocenters. The fourth-order valence-corrected chi connectivity index (χ4v) is 3.18. The van der Waals surface area contributed by atoms with E-state index in [0.29, 0.717) is 15.6 Å². The van der Waals surface area contributed by atoms with Gasteiger partial charge in [-0.25, -0.2) is 4.79 Å². The first-order valence-corrected chi connectivity index (χ1v) is 7.63. The maximum Gasteiger partial charge on any atom is 0.366 e. The predicted molar refractivity (Wildman–Crippen MR) is 83.6 cm³/mol. The average Bonchev–Trinajstić information content (AvgIpc) is 2.82. The maximum absolute atomic E-state index is 12.1. The molecule has 0 unspecified atom stereocenters. The topological polar surface area (TPSA) is 55.7 Å². The molecule has 0 saturated carbocycles. The van der Waals surface area contributed by atoms with Crippen molar-refractivity contribution in [2.24, 2.45) is 5.16 Å². The molecule has 0 spiro atoms. The van der Waals surface area contributed by atoms with Gasteiger partial charge in [0.1, 0.15) is 0 Å². The number of carbonyl (C=O) groups excluding carboxylic acids is 2. The number of Topliss-reactive ketones (excluding diaryl/α,β-unsaturated/α-hetero) is 1. The van der Waals surface area contributed by atoms with E-state index in [4.69, 9.17) is 4.84 Å². The average molecular weight is 362 g/mol. The Labute approximate surface area is 133 Å². The normalized spacial score (nSPS) is 15.1. The van der Waals surface area contributed by atoms with Crippen LogP contribution in [0.3, 0.4) is 0 Å². The van der Waals surface area contributed by atoms with E-state index in [-0.39, 0.29) is 10.8 Å². The van der Waals surface area contributed by atoms with Crippen molar-refractivity contribution < 1.29 is 14.4 Å². The molecule has 0 saturated heterocycles. The highest BCUT2D eigenvalue weighted by Gasteiger charge is 2.28. The number of oxime groups is 1. The first-order chi connectivity index (χ1) is 10.2. The molecule has 1 aliphatic rings. The van der Waals surface area contributed by atoms with Crippen LogP contribution in [0.2, 0.25) is 0 Å². The summed E-state index contributed by atoms with van der Waals surface area (Å²) in [7, 11) is 0. The van der Waals surface area contributed by atoms with Gasteiger partial charge in [-0.05, 0) is 40.2 Å². The third-order valence-electron chi connectivity index (χ3n) is 2.84. The summed E-state index contributed by atoms with van der Waals surface area (Å²) in [6.45, 7) is 0. The second-order valence-corrected chi connectivity index (χ2v) is 6.07. The van der Waals surface area contributed by atoms with Gasteiger partial charge in [-0.2, -0.15) is 0 Å². The lowest BCUT2D eigenvalue weighted by Gasteiger charge is -2.00. The van der Waals surface area contributed by atoms with Crippen LogP contribution in [0.1, 0.15) is 20.7 Å². The standard InChI is InChI=1S/C15H8BrNO3S/c16-11-7-3-1-5-9(11)15(19)20-17-14-13(18)10-6-2-4-8-12(10)21-14/h1-8H/b17-14+. The zero-order chi connectivity index (χ0) is 14.8. The Morgan fingerprint density at radius 3 is 2.57 bits per heavy atom. The monoisotopic (exact) mass is 361 g/mol. The van der Waals surface area contributed by atoms with Gasteiger partial charge >= 0.3 is 5.97 Å². The van der Waals surface area contributed by atoms with Crippen molar-refractivity contribution in [2.45, 2.75) is 4.90 Å². The molecule has 1 heterocycles. The fraction of sp³-hybridized carbons (Fsp3) is 0. The summed E-state index contributed by atoms with van der Waals surface area (Å²) in [5.74, 6) is -0.838. The minimum absolute atomic E-state index is 0.164. The number of thioether (sulfide) groups is 1. The Bertz CT molecular complexity index is 773. The number of carbonyl (C=O) groups is 2. The smallest absolute Gasteiger partial charge is 0.311 e. The van der Waals surface area contributed by atoms with E-state index in [1.54, 1.807) is 36.4 Å². The van der Waals surface area contributed by atoms with E-state index in [1.165, 1.54) is 11.8 Å². The Morgan fingerprint density at radius 2 is 1.81 bits per heavy atom. The number of ketones is 1. The van der Waals surface area contributed by atoms with Crippen LogP contribution in [0.15, 0.2) is 63.1 Å². The third-order valence-corrected chi connectivity index (χ3v) is 4.56. The zero-order valence-corrected chi connectivity index (χ0v) is 13.0. The Kier molecular flexibility index (Phi) is 3.90. The van der Waals surface area contributed by atoms with Crippen molar-refractivity contribution in [1.29, 1.82) is 0 Å². The predicted octanol–water partition coefficient (Wildman–Crippen LogP) is 3.91. The van der Waals surface area contributed by atoms with Gasteiger partial charge < -0.3 is 4.84 Å². The van der Waals surface area contributed by atoms with Crippen LogP contribution in [-0.2, 0) is 4.84 Å². The second-order valence-electron chi connectivity index (χ2n) is 4.18. The number of rotatable bonds is 2. The van der Waals surface area contributed by atoms with Crippen molar-refractivity contribution in [3.05, 3.63) is 64.1 Å². The van der Waals surface area contributed by atoms with Crippen molar-refractivity contribution in [3.8, 4) is 0 Å². The largest absolute Gasteiger partial charge is 0.366 e. The van der Waals surface area contributed by atoms with E-state index in [1.807, 2.05) is 12.1 Å². The Hall–Kier alpha value is -1.92. The number of fused-ring (bicyclic) bond motifs is 1. The number of benzene rings is 2. The lowest BCUT2D eigenvalue weighted by molar-refractivity contribution is 0.0516. The molecule has 0 fully saturated rings. The van der Waals surface area contributed by atoms with Gasteiger partial charge in [0.05, 0.1) is 5.56 Å². The highest BCUT2D eigenvalue weighted by atomic mass is 79.9. The summed E-state index contributed by atoms with van der Waals surface area (Å²) in [4.78, 5) is 29.7. The van der Waals surface area contributed by atoms with Gasteiger partial charge in [-0.1, -0.05) is 41.2 Å². The summed E-state index contributed by atoms with van der Waals surface area (Å²) in [5.41, 5.74) is 0.938. The van der Waals surface area contributed by atoms with Gasteiger partial charge in [0, 0.05) is 14.9 Å². The summed E-state index contributed by atoms with van der Waals surface area (Å²) >= 11 is 4.46. The SMILES string of the molecule is O=C(O/N=C1/Sc2ccccc2C1=O)c1ccccc1Br. The molecule has 2 aromatic carbocycles. The van der Waals surface area contributed by atoms with Gasteiger partial charge in [0.2, 0.25) is 5.78 Å². The van der Waals surface area contributed by atoms with Crippen LogP contribution in [0, 0.1) is 0 Å². The highest BCUT2D eigenvalue weighted by molar-refractivity contribution is 9.10. The fourth-order valence-electron chi connectivity index (χ4n) is 1.83. The van der Waals surface area contributed by atoms with Crippen LogP contribution < -0.4 is 0 Å². The van der Waals surface area contributed by atoms with Gasteiger partial charge in [0.25, 0.3) is 0 Å². The van der Waals surface area contributed by atoms with E-state index >= 15 is 0 Å². The number of hydrogen-bond donors (Lipinski definition) is 0. The van der Waals surface area contributed by atoms with Crippen molar-refractivity contribution in [3.63, 3.8) is 0 Å². The molecule has 0 aliphatic carbocycles. The van der Waals surface area contributed by atoms with Crippen molar-refractivity contribution >= 4 is 44.5 Å². The molecule has 2 aromatic rings. The number of nitrogens with zero attached hydrogens (tertiary/aromatic N) is 1. The van der Waals surface area contributed by atoms with Crippen LogP contribution in [0.25, 0.3) is 0 Å². The lowest BCUT2D eigenvalue weighted by Crippen LogP contribution is -2.08. The van der Waals surface area contributed by atoms with Crippen LogP contribution >= 0.6 is 27.7 Å². The van der Waals surface area contributed by atoms with E-state index in [2.05, 4.69) is 21.1 Å². The third kappa shape index (κ3) is 2.77. The van der Waals surface area contributed by atoms with Crippen LogP contribution in [0.4, 0.5) is 0 Å². The van der Waals surface area contributed by atoms with Crippen molar-refractivity contribution in [1.82, 2.24) is 0 Å². The molecule has 0 radical (unpaired) electrons. The molecule has 3 rings (SSSR count). The molecule has 0 amide bonds. The molecule has 4 nitrogen and oxygen atoms in total. The van der Waals surface area contributed by atoms with Crippen LogP contribution in [-0.4, -0.2) is 16.8 Å². The quantitative estimate of drug-likeness (QED) is 0.601. The summed E-state index contributed by atoms with van der Waals surface area (Å²) in [6.07, 6.45) is 0. The minimum atomic E-state index is -0.612. The van der Waals surface area contributed by atoms with E-state index in [9.17, 15) is 9.59 Å². The van der Waals surface area contributed by atoms with Crippen molar-refractivity contribution in [2.75, 3.05) is 0 Å². The Morgan fingerprint density at radius 1 is 1.10 bits per heavy atom. The molecule has 0 bridgehead atoms. The molecule has 0 aromatic heterocycles. The molecule has 21 heavy (non-hydrogen) atoms. The van der Waals surface area contributed by atoms with Gasteiger partial charge in [-0.15, -0.1) is 0 Å². The molecule has 1 aliphatic heterocycles. The first kappa shape index (κ1) is 14.0. The zero-order valence-electron chi connectivity index (χ0n) is 10.6. The maximum atomic E-state index is 12.1. The number of halogens is 1. The lowest BCUT2D eigenvalue weighted by atomic mass is 10.1. The van der Waals surface area contributed by atoms with E-state index < -0.39 is 5.97 Å². The summed E-state index contributed by atoms with van der Waals surface area (Å²) in [5, 5.41) is 3.86. The molecule has 104 valence electrons. The molecular weight excluding hydrogens is 354 g/mol. The summed E-state index contributed by atoms with van der Waals surface area (Å²) in [6, 6.07) is 14.0. The highest BCUT2D eigenvalue weighted by Crippen LogP contribution is 2.33. The molecule has 0 N–H and O–H groups in total. The van der Waals surface area contributed by atoms with Crippen LogP contribution in [0.5, 0.6) is 0 Å². The number of hydrogen-bond acceptors (Lipinski definition) is 5. The summed E-state index contributed by atoms with van der Waals surface area (Å²) < 4.78 is 0.615. The Balaban J connectivity index is 1.78. The second kappa shape index (κ2) is 5.83. The van der Waals surface area contributed by atoms with E-state index in [0.717, 1.165) is 4.90 Å². The van der Waals surface area contributed by atoms with Gasteiger partial charge in [0.15, 0.2) is 5.04 Å². The molecular formula is C15H8BrNO3S. The minimum Gasteiger partial charge on any atom is -0.311 e. The molecule has 6 heteroatoms.